The lowest BCUT2D eigenvalue weighted by molar-refractivity contribution is 0.414. The van der Waals surface area contributed by atoms with E-state index in [1.54, 1.807) is 28.8 Å². The van der Waals surface area contributed by atoms with Crippen LogP contribution in [-0.2, 0) is 16.4 Å². The Balaban J connectivity index is 1.47. The normalized spacial score (nSPS) is 11.8. The third-order valence-electron chi connectivity index (χ3n) is 4.28. The van der Waals surface area contributed by atoms with Crippen LogP contribution in [0.3, 0.4) is 0 Å². The van der Waals surface area contributed by atoms with Crippen molar-refractivity contribution in [2.75, 3.05) is 13.7 Å². The van der Waals surface area contributed by atoms with Gasteiger partial charge in [0, 0.05) is 23.9 Å². The molecule has 0 saturated heterocycles. The largest absolute Gasteiger partial charge is 0.497 e. The van der Waals surface area contributed by atoms with Crippen LogP contribution >= 0.6 is 11.3 Å². The molecule has 0 amide bonds. The topological polar surface area (TPSA) is 85.6 Å². The molecule has 0 atom stereocenters. The van der Waals surface area contributed by atoms with Gasteiger partial charge in [-0.3, -0.25) is 0 Å². The van der Waals surface area contributed by atoms with Gasteiger partial charge in [0.1, 0.15) is 11.6 Å². The molecular weight excluding hydrogens is 415 g/mol. The Morgan fingerprint density at radius 1 is 1.21 bits per heavy atom. The molecule has 2 heterocycles. The number of ether oxygens (including phenoxy) is 1. The van der Waals surface area contributed by atoms with Gasteiger partial charge in [0.2, 0.25) is 15.0 Å². The number of benzene rings is 2. The molecule has 10 heteroatoms. The van der Waals surface area contributed by atoms with E-state index in [1.165, 1.54) is 42.7 Å². The van der Waals surface area contributed by atoms with Crippen molar-refractivity contribution in [3.63, 3.8) is 0 Å². The van der Waals surface area contributed by atoms with E-state index in [0.29, 0.717) is 28.5 Å². The monoisotopic (exact) mass is 432 g/mol. The number of hydrogen-bond donors (Lipinski definition) is 1. The fourth-order valence-electron chi connectivity index (χ4n) is 2.80. The molecule has 0 spiro atoms. The lowest BCUT2D eigenvalue weighted by atomic mass is 10.2. The zero-order valence-corrected chi connectivity index (χ0v) is 17.0. The Morgan fingerprint density at radius 3 is 2.72 bits per heavy atom. The van der Waals surface area contributed by atoms with E-state index >= 15 is 0 Å². The van der Waals surface area contributed by atoms with Crippen LogP contribution in [0.15, 0.2) is 58.8 Å². The van der Waals surface area contributed by atoms with Crippen molar-refractivity contribution in [3.8, 4) is 17.1 Å². The van der Waals surface area contributed by atoms with E-state index in [1.807, 2.05) is 5.38 Å². The van der Waals surface area contributed by atoms with Crippen LogP contribution in [0.1, 0.15) is 5.69 Å². The highest BCUT2D eigenvalue weighted by Crippen LogP contribution is 2.22. The summed E-state index contributed by atoms with van der Waals surface area (Å²) in [6.07, 6.45) is 0.432. The number of nitrogens with zero attached hydrogens (tertiary/aromatic N) is 3. The minimum atomic E-state index is -3.62. The maximum Gasteiger partial charge on any atom is 0.240 e. The molecule has 0 saturated carbocycles. The SMILES string of the molecule is COc1ccc(S(=O)(=O)NCCc2csc3nc(-c4cccc(F)c4)nn23)cc1. The van der Waals surface area contributed by atoms with E-state index in [4.69, 9.17) is 4.74 Å². The second kappa shape index (κ2) is 7.90. The van der Waals surface area contributed by atoms with Crippen LogP contribution in [0.2, 0.25) is 0 Å². The van der Waals surface area contributed by atoms with Crippen molar-refractivity contribution >= 4 is 26.3 Å². The maximum absolute atomic E-state index is 13.4. The Hall–Kier alpha value is -2.82. The molecule has 0 aliphatic heterocycles. The summed E-state index contributed by atoms with van der Waals surface area (Å²) in [5.41, 5.74) is 1.41. The third-order valence-corrected chi connectivity index (χ3v) is 6.62. The van der Waals surface area contributed by atoms with Crippen molar-refractivity contribution in [1.29, 1.82) is 0 Å². The molecule has 1 N–H and O–H groups in total. The van der Waals surface area contributed by atoms with Gasteiger partial charge in [-0.2, -0.15) is 4.98 Å². The second-order valence-electron chi connectivity index (χ2n) is 6.19. The van der Waals surface area contributed by atoms with Crippen LogP contribution < -0.4 is 9.46 Å². The van der Waals surface area contributed by atoms with Crippen LogP contribution in [0.5, 0.6) is 5.75 Å². The van der Waals surface area contributed by atoms with Crippen LogP contribution in [0.4, 0.5) is 4.39 Å². The van der Waals surface area contributed by atoms with Crippen molar-refractivity contribution in [2.45, 2.75) is 11.3 Å². The molecule has 2 aromatic carbocycles. The summed E-state index contributed by atoms with van der Waals surface area (Å²) in [6.45, 7) is 0.204. The molecule has 4 rings (SSSR count). The maximum atomic E-state index is 13.4. The summed E-state index contributed by atoms with van der Waals surface area (Å²) in [6, 6.07) is 12.3. The highest BCUT2D eigenvalue weighted by molar-refractivity contribution is 7.89. The smallest absolute Gasteiger partial charge is 0.240 e. The molecule has 29 heavy (non-hydrogen) atoms. The van der Waals surface area contributed by atoms with Gasteiger partial charge >= 0.3 is 0 Å². The molecule has 7 nitrogen and oxygen atoms in total. The van der Waals surface area contributed by atoms with Gasteiger partial charge in [0.15, 0.2) is 5.82 Å². The molecule has 4 aromatic rings. The predicted octanol–water partition coefficient (Wildman–Crippen LogP) is 3.13. The molecule has 0 aliphatic rings. The molecule has 0 unspecified atom stereocenters. The fourth-order valence-corrected chi connectivity index (χ4v) is 4.69. The van der Waals surface area contributed by atoms with Crippen LogP contribution in [0, 0.1) is 5.82 Å². The zero-order chi connectivity index (χ0) is 20.4. The fraction of sp³-hybridized carbons (Fsp3) is 0.158. The standard InChI is InChI=1S/C19H17FN4O3S2/c1-27-16-5-7-17(8-6-16)29(25,26)21-10-9-15-12-28-19-22-18(23-24(15)19)13-3-2-4-14(20)11-13/h2-8,11-12,21H,9-10H2,1H3. The van der Waals surface area contributed by atoms with Crippen LogP contribution in [0.25, 0.3) is 16.3 Å². The van der Waals surface area contributed by atoms with Gasteiger partial charge in [0.25, 0.3) is 0 Å². The van der Waals surface area contributed by atoms with Gasteiger partial charge < -0.3 is 4.74 Å². The Labute approximate surface area is 170 Å². The van der Waals surface area contributed by atoms with Crippen molar-refractivity contribution in [2.24, 2.45) is 0 Å². The number of fused-ring (bicyclic) bond motifs is 1. The number of hydrogen-bond acceptors (Lipinski definition) is 6. The number of aromatic nitrogens is 3. The zero-order valence-electron chi connectivity index (χ0n) is 15.4. The van der Waals surface area contributed by atoms with Gasteiger partial charge in [-0.15, -0.1) is 16.4 Å². The van der Waals surface area contributed by atoms with Crippen LogP contribution in [-0.4, -0.2) is 36.7 Å². The Morgan fingerprint density at radius 2 is 2.00 bits per heavy atom. The number of halogens is 1. The number of rotatable bonds is 7. The second-order valence-corrected chi connectivity index (χ2v) is 8.79. The lowest BCUT2D eigenvalue weighted by Crippen LogP contribution is -2.26. The summed E-state index contributed by atoms with van der Waals surface area (Å²) >= 11 is 1.40. The van der Waals surface area contributed by atoms with Gasteiger partial charge in [-0.05, 0) is 36.4 Å². The van der Waals surface area contributed by atoms with Crippen molar-refractivity contribution < 1.29 is 17.5 Å². The first-order chi connectivity index (χ1) is 14.0. The quantitative estimate of drug-likeness (QED) is 0.485. The van der Waals surface area contributed by atoms with Gasteiger partial charge in [-0.25, -0.2) is 22.0 Å². The van der Waals surface area contributed by atoms with Gasteiger partial charge in [-0.1, -0.05) is 12.1 Å². The lowest BCUT2D eigenvalue weighted by Gasteiger charge is -2.07. The van der Waals surface area contributed by atoms with Crippen molar-refractivity contribution in [1.82, 2.24) is 19.3 Å². The summed E-state index contributed by atoms with van der Waals surface area (Å²) in [5, 5.41) is 6.32. The molecule has 150 valence electrons. The first kappa shape index (κ1) is 19.5. The van der Waals surface area contributed by atoms with Gasteiger partial charge in [0.05, 0.1) is 17.7 Å². The summed E-state index contributed by atoms with van der Waals surface area (Å²) < 4.78 is 47.6. The minimum Gasteiger partial charge on any atom is -0.497 e. The molecule has 0 aliphatic carbocycles. The summed E-state index contributed by atoms with van der Waals surface area (Å²) in [7, 11) is -2.10. The third kappa shape index (κ3) is 4.14. The summed E-state index contributed by atoms with van der Waals surface area (Å²) in [5.74, 6) is 0.662. The number of sulfonamides is 1. The first-order valence-corrected chi connectivity index (χ1v) is 11.1. The minimum absolute atomic E-state index is 0.169. The average molecular weight is 433 g/mol. The van der Waals surface area contributed by atoms with E-state index in [9.17, 15) is 12.8 Å². The Kier molecular flexibility index (Phi) is 5.31. The molecular formula is C19H17FN4O3S2. The van der Waals surface area contributed by atoms with E-state index < -0.39 is 10.0 Å². The predicted molar refractivity (Wildman–Crippen MR) is 108 cm³/mol. The molecule has 2 aromatic heterocycles. The highest BCUT2D eigenvalue weighted by Gasteiger charge is 2.15. The van der Waals surface area contributed by atoms with Crippen molar-refractivity contribution in [3.05, 3.63) is 65.4 Å². The number of nitrogens with one attached hydrogen (secondary N) is 1. The summed E-state index contributed by atoms with van der Waals surface area (Å²) in [4.78, 5) is 5.25. The number of methoxy groups -OCH3 is 1. The van der Waals surface area contributed by atoms with E-state index in [-0.39, 0.29) is 17.3 Å². The molecule has 0 fully saturated rings. The molecule has 0 bridgehead atoms. The Bertz CT molecular complexity index is 1250. The average Bonchev–Trinajstić information content (AvgIpc) is 3.30. The highest BCUT2D eigenvalue weighted by atomic mass is 32.2. The number of thiazole rings is 1. The van der Waals surface area contributed by atoms with E-state index in [0.717, 1.165) is 5.69 Å². The first-order valence-electron chi connectivity index (χ1n) is 8.69. The van der Waals surface area contributed by atoms with E-state index in [2.05, 4.69) is 14.8 Å². The molecule has 0 radical (unpaired) electrons.